The van der Waals surface area contributed by atoms with Crippen LogP contribution in [-0.2, 0) is 10.3 Å². The van der Waals surface area contributed by atoms with Gasteiger partial charge in [0.2, 0.25) is 0 Å². The molecule has 4 aromatic rings. The van der Waals surface area contributed by atoms with Gasteiger partial charge in [-0.2, -0.15) is 0 Å². The van der Waals surface area contributed by atoms with Gasteiger partial charge in [-0.1, -0.05) is 54.6 Å². The van der Waals surface area contributed by atoms with Crippen molar-refractivity contribution in [3.63, 3.8) is 0 Å². The van der Waals surface area contributed by atoms with Crippen LogP contribution in [0.15, 0.2) is 54.6 Å². The van der Waals surface area contributed by atoms with Gasteiger partial charge in [-0.15, -0.1) is 0 Å². The maximum atomic E-state index is 6.19. The Balaban J connectivity index is 2.00. The monoisotopic (exact) mass is 317 g/mol. The van der Waals surface area contributed by atoms with E-state index >= 15 is 0 Å². The molecule has 0 spiro atoms. The Morgan fingerprint density at radius 2 is 1.38 bits per heavy atom. The van der Waals surface area contributed by atoms with Gasteiger partial charge in [0.05, 0.1) is 12.3 Å². The zero-order valence-electron chi connectivity index (χ0n) is 14.8. The fraction of sp³-hybridized carbons (Fsp3) is 0.273. The van der Waals surface area contributed by atoms with E-state index in [1.54, 1.807) is 0 Å². The fourth-order valence-electron chi connectivity index (χ4n) is 3.63. The van der Waals surface area contributed by atoms with Gasteiger partial charge in [0.15, 0.2) is 0 Å². The van der Waals surface area contributed by atoms with Crippen LogP contribution in [0.2, 0.25) is 0 Å². The zero-order valence-corrected chi connectivity index (χ0v) is 14.8. The highest BCUT2D eigenvalue weighted by atomic mass is 16.5. The molecule has 0 aliphatic rings. The van der Waals surface area contributed by atoms with Crippen molar-refractivity contribution in [2.75, 3.05) is 20.8 Å². The molecule has 0 aliphatic carbocycles. The molecule has 0 fully saturated rings. The molecule has 4 aromatic carbocycles. The standard InChI is InChI=1S/C22H23NO/c1-22(2,24-14-23(3)4)19-13-11-17-9-8-15-6-5-7-16-10-12-18(19)21(17)20(15)16/h5-13H,14H2,1-4H3. The molecule has 0 aromatic heterocycles. The molecule has 2 heteroatoms. The van der Waals surface area contributed by atoms with Crippen molar-refractivity contribution >= 4 is 32.3 Å². The molecule has 24 heavy (non-hydrogen) atoms. The third kappa shape index (κ3) is 2.34. The second-order valence-corrected chi connectivity index (χ2v) is 7.33. The summed E-state index contributed by atoms with van der Waals surface area (Å²) in [7, 11) is 4.06. The van der Waals surface area contributed by atoms with E-state index in [1.165, 1.54) is 37.9 Å². The van der Waals surface area contributed by atoms with Crippen molar-refractivity contribution in [2.45, 2.75) is 19.4 Å². The first-order valence-corrected chi connectivity index (χ1v) is 8.43. The van der Waals surface area contributed by atoms with Gasteiger partial charge in [-0.3, -0.25) is 4.90 Å². The number of hydrogen-bond donors (Lipinski definition) is 0. The molecule has 0 N–H and O–H groups in total. The third-order valence-corrected chi connectivity index (χ3v) is 4.86. The molecule has 122 valence electrons. The lowest BCUT2D eigenvalue weighted by Crippen LogP contribution is -2.28. The van der Waals surface area contributed by atoms with Gasteiger partial charge >= 0.3 is 0 Å². The van der Waals surface area contributed by atoms with E-state index in [0.29, 0.717) is 6.73 Å². The van der Waals surface area contributed by atoms with Crippen molar-refractivity contribution in [1.82, 2.24) is 4.90 Å². The minimum atomic E-state index is -0.341. The third-order valence-electron chi connectivity index (χ3n) is 4.86. The van der Waals surface area contributed by atoms with E-state index in [-0.39, 0.29) is 5.60 Å². The van der Waals surface area contributed by atoms with Crippen molar-refractivity contribution in [3.8, 4) is 0 Å². The number of ether oxygens (including phenoxy) is 1. The topological polar surface area (TPSA) is 12.5 Å². The maximum Gasteiger partial charge on any atom is 0.0997 e. The molecule has 0 aliphatic heterocycles. The molecule has 0 amide bonds. The minimum Gasteiger partial charge on any atom is -0.356 e. The lowest BCUT2D eigenvalue weighted by Gasteiger charge is -2.29. The SMILES string of the molecule is CN(C)COC(C)(C)c1ccc2ccc3cccc4ccc1c2c34. The molecular weight excluding hydrogens is 294 g/mol. The van der Waals surface area contributed by atoms with Gasteiger partial charge in [-0.25, -0.2) is 0 Å². The van der Waals surface area contributed by atoms with Crippen LogP contribution in [0.3, 0.4) is 0 Å². The van der Waals surface area contributed by atoms with E-state index in [4.69, 9.17) is 4.74 Å². The Morgan fingerprint density at radius 3 is 2.04 bits per heavy atom. The van der Waals surface area contributed by atoms with Crippen LogP contribution in [-0.4, -0.2) is 25.7 Å². The van der Waals surface area contributed by atoms with Crippen molar-refractivity contribution in [1.29, 1.82) is 0 Å². The highest BCUT2D eigenvalue weighted by molar-refractivity contribution is 6.23. The Morgan fingerprint density at radius 1 is 0.792 bits per heavy atom. The minimum absolute atomic E-state index is 0.341. The van der Waals surface area contributed by atoms with Gasteiger partial charge in [-0.05, 0) is 65.8 Å². The molecule has 0 atom stereocenters. The van der Waals surface area contributed by atoms with Crippen LogP contribution in [0.25, 0.3) is 32.3 Å². The highest BCUT2D eigenvalue weighted by Gasteiger charge is 2.25. The van der Waals surface area contributed by atoms with Crippen LogP contribution < -0.4 is 0 Å². The molecule has 0 bridgehead atoms. The summed E-state index contributed by atoms with van der Waals surface area (Å²) >= 11 is 0. The van der Waals surface area contributed by atoms with Gasteiger partial charge in [0, 0.05) is 0 Å². The number of benzene rings is 4. The second-order valence-electron chi connectivity index (χ2n) is 7.33. The second kappa shape index (κ2) is 5.44. The van der Waals surface area contributed by atoms with E-state index in [0.717, 1.165) is 0 Å². The molecule has 0 saturated carbocycles. The molecule has 0 heterocycles. The van der Waals surface area contributed by atoms with E-state index < -0.39 is 0 Å². The van der Waals surface area contributed by atoms with Crippen LogP contribution >= 0.6 is 0 Å². The van der Waals surface area contributed by atoms with Crippen LogP contribution in [0.1, 0.15) is 19.4 Å². The van der Waals surface area contributed by atoms with Crippen LogP contribution in [0, 0.1) is 0 Å². The molecule has 0 unspecified atom stereocenters. The predicted molar refractivity (Wildman–Crippen MR) is 103 cm³/mol. The molecule has 2 nitrogen and oxygen atoms in total. The summed E-state index contributed by atoms with van der Waals surface area (Å²) in [6, 6.07) is 19.9. The molecule has 0 saturated heterocycles. The lowest BCUT2D eigenvalue weighted by atomic mass is 9.87. The Labute approximate surface area is 143 Å². The Kier molecular flexibility index (Phi) is 3.48. The quantitative estimate of drug-likeness (QED) is 0.371. The predicted octanol–water partition coefficient (Wildman–Crippen LogP) is 5.35. The smallest absolute Gasteiger partial charge is 0.0997 e. The highest BCUT2D eigenvalue weighted by Crippen LogP contribution is 2.39. The van der Waals surface area contributed by atoms with E-state index in [2.05, 4.69) is 73.3 Å². The average molecular weight is 317 g/mol. The summed E-state index contributed by atoms with van der Waals surface area (Å²) in [6.45, 7) is 4.92. The average Bonchev–Trinajstić information content (AvgIpc) is 2.58. The molecule has 4 rings (SSSR count). The van der Waals surface area contributed by atoms with Crippen molar-refractivity contribution in [2.24, 2.45) is 0 Å². The maximum absolute atomic E-state index is 6.19. The number of nitrogens with zero attached hydrogens (tertiary/aromatic N) is 1. The summed E-state index contributed by atoms with van der Waals surface area (Å²) in [5, 5.41) is 7.90. The number of hydrogen-bond acceptors (Lipinski definition) is 2. The summed E-state index contributed by atoms with van der Waals surface area (Å²) in [4.78, 5) is 2.05. The molecular formula is C22H23NO. The van der Waals surface area contributed by atoms with Crippen molar-refractivity contribution in [3.05, 3.63) is 60.2 Å². The first-order valence-electron chi connectivity index (χ1n) is 8.43. The van der Waals surface area contributed by atoms with Gasteiger partial charge in [0.25, 0.3) is 0 Å². The Hall–Kier alpha value is -2.16. The molecule has 0 radical (unpaired) electrons. The largest absolute Gasteiger partial charge is 0.356 e. The van der Waals surface area contributed by atoms with E-state index in [9.17, 15) is 0 Å². The van der Waals surface area contributed by atoms with Crippen LogP contribution in [0.4, 0.5) is 0 Å². The first-order chi connectivity index (χ1) is 11.5. The van der Waals surface area contributed by atoms with Crippen molar-refractivity contribution < 1.29 is 4.74 Å². The summed E-state index contributed by atoms with van der Waals surface area (Å²) < 4.78 is 6.19. The zero-order chi connectivity index (χ0) is 16.9. The van der Waals surface area contributed by atoms with Gasteiger partial charge < -0.3 is 4.74 Å². The number of rotatable bonds is 4. The summed E-state index contributed by atoms with van der Waals surface area (Å²) in [5.41, 5.74) is 0.905. The lowest BCUT2D eigenvalue weighted by molar-refractivity contribution is -0.0640. The van der Waals surface area contributed by atoms with Crippen LogP contribution in [0.5, 0.6) is 0 Å². The summed E-state index contributed by atoms with van der Waals surface area (Å²) in [5.74, 6) is 0. The first kappa shape index (κ1) is 15.4. The van der Waals surface area contributed by atoms with Gasteiger partial charge in [0.1, 0.15) is 0 Å². The van der Waals surface area contributed by atoms with E-state index in [1.807, 2.05) is 14.1 Å². The summed E-state index contributed by atoms with van der Waals surface area (Å²) in [6.07, 6.45) is 0. The fourth-order valence-corrected chi connectivity index (χ4v) is 3.63. The Bertz CT molecular complexity index is 1000. The normalized spacial score (nSPS) is 12.9.